The second kappa shape index (κ2) is 7.87. The Morgan fingerprint density at radius 1 is 1.37 bits per heavy atom. The SMILES string of the molecule is O=C(Nc1ccccc1F)N1CCC[C@H](Cc2nc(-c3ccsc3)no2)C1. The molecule has 3 aromatic rings. The van der Waals surface area contributed by atoms with Gasteiger partial charge in [-0.1, -0.05) is 17.3 Å². The molecule has 0 aliphatic carbocycles. The van der Waals surface area contributed by atoms with E-state index in [1.54, 1.807) is 34.4 Å². The highest BCUT2D eigenvalue weighted by molar-refractivity contribution is 7.08. The van der Waals surface area contributed by atoms with E-state index in [1.807, 2.05) is 16.8 Å². The summed E-state index contributed by atoms with van der Waals surface area (Å²) in [6.07, 6.45) is 2.50. The topological polar surface area (TPSA) is 71.3 Å². The highest BCUT2D eigenvalue weighted by Crippen LogP contribution is 2.24. The number of piperidine rings is 1. The van der Waals surface area contributed by atoms with Crippen LogP contribution in [-0.4, -0.2) is 34.2 Å². The Balaban J connectivity index is 1.37. The van der Waals surface area contributed by atoms with Crippen molar-refractivity contribution in [2.75, 3.05) is 18.4 Å². The van der Waals surface area contributed by atoms with Crippen molar-refractivity contribution in [3.05, 3.63) is 52.8 Å². The predicted octanol–water partition coefficient (Wildman–Crippen LogP) is 4.42. The average molecular weight is 386 g/mol. The molecular weight excluding hydrogens is 367 g/mol. The van der Waals surface area contributed by atoms with Crippen LogP contribution in [-0.2, 0) is 6.42 Å². The molecule has 1 saturated heterocycles. The van der Waals surface area contributed by atoms with Gasteiger partial charge in [0.2, 0.25) is 11.7 Å². The van der Waals surface area contributed by atoms with Crippen LogP contribution in [0.2, 0.25) is 0 Å². The van der Waals surface area contributed by atoms with Gasteiger partial charge < -0.3 is 14.7 Å². The Labute approximate surface area is 160 Å². The van der Waals surface area contributed by atoms with Gasteiger partial charge in [0.05, 0.1) is 5.69 Å². The van der Waals surface area contributed by atoms with Crippen LogP contribution in [0, 0.1) is 11.7 Å². The molecule has 4 rings (SSSR count). The lowest BCUT2D eigenvalue weighted by molar-refractivity contribution is 0.173. The molecule has 140 valence electrons. The minimum atomic E-state index is -0.439. The number of urea groups is 1. The molecule has 1 aliphatic heterocycles. The molecule has 0 radical (unpaired) electrons. The van der Waals surface area contributed by atoms with Crippen molar-refractivity contribution in [3.63, 3.8) is 0 Å². The Hall–Kier alpha value is -2.74. The molecule has 1 N–H and O–H groups in total. The van der Waals surface area contributed by atoms with Gasteiger partial charge in [0, 0.05) is 30.5 Å². The van der Waals surface area contributed by atoms with E-state index in [2.05, 4.69) is 15.5 Å². The van der Waals surface area contributed by atoms with Gasteiger partial charge in [-0.05, 0) is 42.3 Å². The molecule has 27 heavy (non-hydrogen) atoms. The van der Waals surface area contributed by atoms with Crippen LogP contribution < -0.4 is 5.32 Å². The molecule has 0 saturated carbocycles. The first-order valence-corrected chi connectivity index (χ1v) is 9.79. The second-order valence-electron chi connectivity index (χ2n) is 6.59. The number of carbonyl (C=O) groups is 1. The third kappa shape index (κ3) is 4.16. The van der Waals surface area contributed by atoms with Crippen LogP contribution >= 0.6 is 11.3 Å². The monoisotopic (exact) mass is 386 g/mol. The molecule has 3 heterocycles. The van der Waals surface area contributed by atoms with Gasteiger partial charge in [0.25, 0.3) is 0 Å². The summed E-state index contributed by atoms with van der Waals surface area (Å²) in [5.74, 6) is 0.973. The zero-order valence-electron chi connectivity index (χ0n) is 14.6. The standard InChI is InChI=1S/C19H19FN4O2S/c20-15-5-1-2-6-16(15)21-19(25)24-8-3-4-13(11-24)10-17-22-18(23-26-17)14-7-9-27-12-14/h1-2,5-7,9,12-13H,3-4,8,10-11H2,(H,21,25)/t13-/m1/s1. The van der Waals surface area contributed by atoms with Crippen molar-refractivity contribution in [2.45, 2.75) is 19.3 Å². The number of benzene rings is 1. The van der Waals surface area contributed by atoms with Crippen LogP contribution in [0.25, 0.3) is 11.4 Å². The number of para-hydroxylation sites is 1. The fourth-order valence-electron chi connectivity index (χ4n) is 3.27. The molecule has 8 heteroatoms. The largest absolute Gasteiger partial charge is 0.339 e. The molecule has 1 aliphatic rings. The van der Waals surface area contributed by atoms with E-state index in [-0.39, 0.29) is 17.6 Å². The van der Waals surface area contributed by atoms with E-state index >= 15 is 0 Å². The van der Waals surface area contributed by atoms with Gasteiger partial charge in [-0.3, -0.25) is 0 Å². The van der Waals surface area contributed by atoms with E-state index in [1.165, 1.54) is 6.07 Å². The Bertz CT molecular complexity index is 912. The van der Waals surface area contributed by atoms with Crippen molar-refractivity contribution in [1.82, 2.24) is 15.0 Å². The minimum Gasteiger partial charge on any atom is -0.339 e. The number of anilines is 1. The highest BCUT2D eigenvalue weighted by Gasteiger charge is 2.26. The number of nitrogens with one attached hydrogen (secondary N) is 1. The number of rotatable bonds is 4. The maximum Gasteiger partial charge on any atom is 0.321 e. The molecule has 6 nitrogen and oxygen atoms in total. The molecule has 0 spiro atoms. The van der Waals surface area contributed by atoms with Gasteiger partial charge in [0.15, 0.2) is 0 Å². The zero-order chi connectivity index (χ0) is 18.6. The number of thiophene rings is 1. The number of carbonyl (C=O) groups excluding carboxylic acids is 1. The minimum absolute atomic E-state index is 0.196. The van der Waals surface area contributed by atoms with Crippen LogP contribution in [0.5, 0.6) is 0 Å². The van der Waals surface area contributed by atoms with Gasteiger partial charge >= 0.3 is 6.03 Å². The van der Waals surface area contributed by atoms with E-state index < -0.39 is 5.82 Å². The quantitative estimate of drug-likeness (QED) is 0.720. The number of likely N-dealkylation sites (tertiary alicyclic amines) is 1. The molecular formula is C19H19FN4O2S. The molecule has 2 amide bonds. The van der Waals surface area contributed by atoms with Gasteiger partial charge in [0.1, 0.15) is 5.82 Å². The van der Waals surface area contributed by atoms with Crippen LogP contribution in [0.3, 0.4) is 0 Å². The fraction of sp³-hybridized carbons (Fsp3) is 0.316. The lowest BCUT2D eigenvalue weighted by Gasteiger charge is -2.32. The lowest BCUT2D eigenvalue weighted by atomic mass is 9.95. The fourth-order valence-corrected chi connectivity index (χ4v) is 3.90. The van der Waals surface area contributed by atoms with Gasteiger partial charge in [-0.15, -0.1) is 0 Å². The van der Waals surface area contributed by atoms with Crippen molar-refractivity contribution in [2.24, 2.45) is 5.92 Å². The molecule has 0 unspecified atom stereocenters. The summed E-state index contributed by atoms with van der Waals surface area (Å²) in [6.45, 7) is 1.23. The normalized spacial score (nSPS) is 17.1. The molecule has 1 fully saturated rings. The molecule has 2 aromatic heterocycles. The predicted molar refractivity (Wildman–Crippen MR) is 101 cm³/mol. The van der Waals surface area contributed by atoms with Crippen molar-refractivity contribution >= 4 is 23.1 Å². The maximum atomic E-state index is 13.7. The van der Waals surface area contributed by atoms with Crippen molar-refractivity contribution in [3.8, 4) is 11.4 Å². The third-order valence-corrected chi connectivity index (χ3v) is 5.32. The number of amides is 2. The second-order valence-corrected chi connectivity index (χ2v) is 7.37. The smallest absolute Gasteiger partial charge is 0.321 e. The first-order chi connectivity index (χ1) is 13.2. The number of nitrogens with zero attached hydrogens (tertiary/aromatic N) is 3. The third-order valence-electron chi connectivity index (χ3n) is 4.63. The van der Waals surface area contributed by atoms with Crippen molar-refractivity contribution in [1.29, 1.82) is 0 Å². The summed E-state index contributed by atoms with van der Waals surface area (Å²) in [7, 11) is 0. The Kier molecular flexibility index (Phi) is 5.15. The lowest BCUT2D eigenvalue weighted by Crippen LogP contribution is -2.43. The number of halogens is 1. The van der Waals surface area contributed by atoms with Gasteiger partial charge in [-0.25, -0.2) is 9.18 Å². The molecule has 0 bridgehead atoms. The van der Waals surface area contributed by atoms with Gasteiger partial charge in [-0.2, -0.15) is 16.3 Å². The average Bonchev–Trinajstić information content (AvgIpc) is 3.35. The van der Waals surface area contributed by atoms with E-state index in [0.29, 0.717) is 31.2 Å². The first kappa shape index (κ1) is 17.7. The summed E-state index contributed by atoms with van der Waals surface area (Å²) in [5, 5.41) is 10.6. The number of aromatic nitrogens is 2. The van der Waals surface area contributed by atoms with E-state index in [9.17, 15) is 9.18 Å². The van der Waals surface area contributed by atoms with Crippen LogP contribution in [0.15, 0.2) is 45.6 Å². The summed E-state index contributed by atoms with van der Waals surface area (Å²) >= 11 is 1.58. The van der Waals surface area contributed by atoms with E-state index in [4.69, 9.17) is 4.52 Å². The Morgan fingerprint density at radius 2 is 2.26 bits per heavy atom. The van der Waals surface area contributed by atoms with Crippen molar-refractivity contribution < 1.29 is 13.7 Å². The summed E-state index contributed by atoms with van der Waals surface area (Å²) < 4.78 is 19.1. The summed E-state index contributed by atoms with van der Waals surface area (Å²) in [4.78, 5) is 18.7. The number of hydrogen-bond donors (Lipinski definition) is 1. The van der Waals surface area contributed by atoms with Crippen LogP contribution in [0.4, 0.5) is 14.9 Å². The maximum absolute atomic E-state index is 13.7. The summed E-state index contributed by atoms with van der Waals surface area (Å²) in [6, 6.07) is 7.84. The first-order valence-electron chi connectivity index (χ1n) is 8.84. The zero-order valence-corrected chi connectivity index (χ0v) is 15.4. The Morgan fingerprint density at radius 3 is 3.07 bits per heavy atom. The van der Waals surface area contributed by atoms with Crippen LogP contribution in [0.1, 0.15) is 18.7 Å². The molecule has 1 aromatic carbocycles. The highest BCUT2D eigenvalue weighted by atomic mass is 32.1. The van der Waals surface area contributed by atoms with E-state index in [0.717, 1.165) is 18.4 Å². The summed E-state index contributed by atoms with van der Waals surface area (Å²) in [5.41, 5.74) is 1.14. The number of hydrogen-bond acceptors (Lipinski definition) is 5. The molecule has 1 atom stereocenters.